The van der Waals surface area contributed by atoms with E-state index in [0.29, 0.717) is 24.6 Å². The highest BCUT2D eigenvalue weighted by molar-refractivity contribution is 4.86. The van der Waals surface area contributed by atoms with Crippen LogP contribution in [0.2, 0.25) is 0 Å². The van der Waals surface area contributed by atoms with Gasteiger partial charge in [-0.3, -0.25) is 5.01 Å². The predicted octanol–water partition coefficient (Wildman–Crippen LogP) is -1.39. The molecule has 1 heterocycles. The van der Waals surface area contributed by atoms with Crippen LogP contribution in [0.4, 0.5) is 0 Å². The van der Waals surface area contributed by atoms with Crippen LogP contribution < -0.4 is 17.1 Å². The minimum atomic E-state index is 0.405. The topological polar surface area (TPSA) is 146 Å². The van der Waals surface area contributed by atoms with Crippen LogP contribution in [0, 0.1) is 0 Å². The Balaban J connectivity index is 2.19. The standard InChI is InChI=1S/C6H14N10/c1-5(9-13-12-7)16(8)4-2-3-6-10-14-15-11-6/h1-4,8H2,(H2,7,13)(H,9,12)(H,10,11,14,15). The van der Waals surface area contributed by atoms with Crippen molar-refractivity contribution in [3.63, 3.8) is 0 Å². The largest absolute Gasteiger partial charge is 0.303 e. The summed E-state index contributed by atoms with van der Waals surface area (Å²) >= 11 is 0. The van der Waals surface area contributed by atoms with Crippen LogP contribution in [0.1, 0.15) is 12.2 Å². The van der Waals surface area contributed by atoms with E-state index >= 15 is 0 Å². The fourth-order valence-corrected chi connectivity index (χ4v) is 0.982. The van der Waals surface area contributed by atoms with E-state index in [2.05, 4.69) is 43.1 Å². The Morgan fingerprint density at radius 1 is 1.62 bits per heavy atom. The fourth-order valence-electron chi connectivity index (χ4n) is 0.982. The van der Waals surface area contributed by atoms with Gasteiger partial charge in [0.1, 0.15) is 5.82 Å². The van der Waals surface area contributed by atoms with E-state index in [0.717, 1.165) is 6.42 Å². The summed E-state index contributed by atoms with van der Waals surface area (Å²) in [5.41, 5.74) is 2.47. The zero-order valence-electron chi connectivity index (χ0n) is 8.67. The number of nitrogens with two attached hydrogens (primary N) is 2. The highest BCUT2D eigenvalue weighted by atomic mass is 15.6. The summed E-state index contributed by atoms with van der Waals surface area (Å²) < 4.78 is 0. The molecule has 1 aromatic rings. The Bertz CT molecular complexity index is 329. The van der Waals surface area contributed by atoms with Crippen molar-refractivity contribution in [1.82, 2.24) is 31.1 Å². The predicted molar refractivity (Wildman–Crippen MR) is 54.7 cm³/mol. The fraction of sp³-hybridized carbons (Fsp3) is 0.500. The van der Waals surface area contributed by atoms with Crippen molar-refractivity contribution in [1.29, 1.82) is 0 Å². The minimum Gasteiger partial charge on any atom is -0.303 e. The van der Waals surface area contributed by atoms with Crippen molar-refractivity contribution < 1.29 is 0 Å². The molecule has 88 valence electrons. The number of aromatic nitrogens is 4. The Morgan fingerprint density at radius 3 is 3.06 bits per heavy atom. The van der Waals surface area contributed by atoms with E-state index in [-0.39, 0.29) is 0 Å². The molecular weight excluding hydrogens is 212 g/mol. The van der Waals surface area contributed by atoms with Gasteiger partial charge in [-0.1, -0.05) is 22.2 Å². The van der Waals surface area contributed by atoms with Gasteiger partial charge in [-0.25, -0.2) is 11.3 Å². The first kappa shape index (κ1) is 11.8. The van der Waals surface area contributed by atoms with E-state index in [4.69, 9.17) is 11.7 Å². The zero-order chi connectivity index (χ0) is 11.8. The van der Waals surface area contributed by atoms with E-state index in [1.165, 1.54) is 5.01 Å². The molecule has 0 bridgehead atoms. The van der Waals surface area contributed by atoms with E-state index in [9.17, 15) is 0 Å². The number of hydrogen-bond donors (Lipinski definition) is 4. The summed E-state index contributed by atoms with van der Waals surface area (Å²) in [6, 6.07) is 0. The molecule has 0 spiro atoms. The molecule has 1 aromatic heterocycles. The first-order chi connectivity index (χ1) is 7.74. The van der Waals surface area contributed by atoms with Gasteiger partial charge < -0.3 is 5.84 Å². The molecule has 0 aromatic carbocycles. The highest BCUT2D eigenvalue weighted by Crippen LogP contribution is 1.97. The van der Waals surface area contributed by atoms with Gasteiger partial charge >= 0.3 is 0 Å². The lowest BCUT2D eigenvalue weighted by atomic mass is 10.3. The smallest absolute Gasteiger partial charge is 0.174 e. The molecule has 0 aliphatic heterocycles. The Morgan fingerprint density at radius 2 is 2.44 bits per heavy atom. The first-order valence-electron chi connectivity index (χ1n) is 4.53. The van der Waals surface area contributed by atoms with Gasteiger partial charge in [-0.2, -0.15) is 5.21 Å². The molecule has 0 radical (unpaired) electrons. The highest BCUT2D eigenvalue weighted by Gasteiger charge is 2.03. The minimum absolute atomic E-state index is 0.405. The van der Waals surface area contributed by atoms with Crippen molar-refractivity contribution in [3.05, 3.63) is 18.2 Å². The van der Waals surface area contributed by atoms with Gasteiger partial charge in [-0.15, -0.1) is 10.2 Å². The summed E-state index contributed by atoms with van der Waals surface area (Å²) in [6.07, 6.45) is 1.44. The van der Waals surface area contributed by atoms with Crippen LogP contribution in [0.25, 0.3) is 0 Å². The molecule has 0 unspecified atom stereocenters. The lowest BCUT2D eigenvalue weighted by Gasteiger charge is -2.18. The molecule has 0 fully saturated rings. The molecule has 0 saturated carbocycles. The van der Waals surface area contributed by atoms with Gasteiger partial charge in [0.2, 0.25) is 0 Å². The summed E-state index contributed by atoms with van der Waals surface area (Å²) in [6.45, 7) is 4.21. The second kappa shape index (κ2) is 6.29. The maximum absolute atomic E-state index is 5.66. The van der Waals surface area contributed by atoms with Crippen LogP contribution in [0.5, 0.6) is 0 Å². The lowest BCUT2D eigenvalue weighted by molar-refractivity contribution is 0.326. The Labute approximate surface area is 91.7 Å². The molecule has 0 amide bonds. The van der Waals surface area contributed by atoms with E-state index < -0.39 is 0 Å². The molecule has 6 N–H and O–H groups in total. The van der Waals surface area contributed by atoms with Crippen molar-refractivity contribution in [2.75, 3.05) is 6.54 Å². The summed E-state index contributed by atoms with van der Waals surface area (Å²) in [7, 11) is 0. The summed E-state index contributed by atoms with van der Waals surface area (Å²) in [5.74, 6) is 11.5. The van der Waals surface area contributed by atoms with Crippen LogP contribution in [-0.2, 0) is 6.42 Å². The molecule has 0 atom stereocenters. The zero-order valence-corrected chi connectivity index (χ0v) is 8.67. The van der Waals surface area contributed by atoms with Gasteiger partial charge in [-0.05, 0) is 6.42 Å². The number of aryl methyl sites for hydroxylation is 1. The molecule has 16 heavy (non-hydrogen) atoms. The molecule has 10 heteroatoms. The SMILES string of the molecule is C=C(N/N=N\N)N(N)CCCc1nn[nH]n1. The molecule has 0 aliphatic rings. The van der Waals surface area contributed by atoms with Crippen LogP contribution in [0.3, 0.4) is 0 Å². The molecule has 0 aliphatic carbocycles. The lowest BCUT2D eigenvalue weighted by Crippen LogP contribution is -2.35. The maximum Gasteiger partial charge on any atom is 0.174 e. The van der Waals surface area contributed by atoms with Crippen molar-refractivity contribution in [2.45, 2.75) is 12.8 Å². The number of rotatable bonds is 7. The number of hydrazine groups is 1. The van der Waals surface area contributed by atoms with Gasteiger partial charge in [0.25, 0.3) is 0 Å². The van der Waals surface area contributed by atoms with Gasteiger partial charge in [0, 0.05) is 13.0 Å². The second-order valence-corrected chi connectivity index (χ2v) is 2.90. The number of tetrazole rings is 1. The van der Waals surface area contributed by atoms with E-state index in [1.54, 1.807) is 0 Å². The third kappa shape index (κ3) is 3.88. The van der Waals surface area contributed by atoms with Crippen molar-refractivity contribution >= 4 is 0 Å². The quantitative estimate of drug-likeness (QED) is 0.254. The number of nitrogens with one attached hydrogen (secondary N) is 2. The molecule has 10 nitrogen and oxygen atoms in total. The summed E-state index contributed by atoms with van der Waals surface area (Å²) in [4.78, 5) is 0. The molecule has 0 saturated heterocycles. The Hall–Kier alpha value is -2.23. The second-order valence-electron chi connectivity index (χ2n) is 2.90. The Kier molecular flexibility index (Phi) is 4.66. The van der Waals surface area contributed by atoms with Crippen molar-refractivity contribution in [2.24, 2.45) is 22.1 Å². The summed E-state index contributed by atoms with van der Waals surface area (Å²) in [5, 5.41) is 21.2. The third-order valence-electron chi connectivity index (χ3n) is 1.77. The number of hydrogen-bond acceptors (Lipinski definition) is 7. The number of H-pyrrole nitrogens is 1. The number of nitrogens with zero attached hydrogens (tertiary/aromatic N) is 6. The van der Waals surface area contributed by atoms with Crippen LogP contribution in [0.15, 0.2) is 22.8 Å². The molecule has 1 rings (SSSR count). The monoisotopic (exact) mass is 226 g/mol. The van der Waals surface area contributed by atoms with E-state index in [1.807, 2.05) is 0 Å². The van der Waals surface area contributed by atoms with Crippen LogP contribution in [-0.4, -0.2) is 32.2 Å². The first-order valence-corrected chi connectivity index (χ1v) is 4.53. The molecular formula is C6H14N10. The van der Waals surface area contributed by atoms with Gasteiger partial charge in [0.15, 0.2) is 5.82 Å². The third-order valence-corrected chi connectivity index (χ3v) is 1.77. The maximum atomic E-state index is 5.66. The normalized spacial score (nSPS) is 10.6. The van der Waals surface area contributed by atoms with Gasteiger partial charge in [0.05, 0.1) is 0 Å². The number of aromatic amines is 1. The average molecular weight is 226 g/mol. The van der Waals surface area contributed by atoms with Crippen LogP contribution >= 0.6 is 0 Å². The average Bonchev–Trinajstić information content (AvgIpc) is 2.78. The van der Waals surface area contributed by atoms with Crippen molar-refractivity contribution in [3.8, 4) is 0 Å².